The molecule has 1 heterocycles. The highest BCUT2D eigenvalue weighted by molar-refractivity contribution is 9.11. The van der Waals surface area contributed by atoms with Gasteiger partial charge in [0, 0.05) is 19.5 Å². The molecule has 0 atom stereocenters. The van der Waals surface area contributed by atoms with Gasteiger partial charge in [-0.05, 0) is 49.6 Å². The summed E-state index contributed by atoms with van der Waals surface area (Å²) in [5.74, 6) is 1.78. The summed E-state index contributed by atoms with van der Waals surface area (Å²) in [6, 6.07) is 4.52. The number of rotatable bonds is 6. The lowest BCUT2D eigenvalue weighted by atomic mass is 10.2. The van der Waals surface area contributed by atoms with E-state index in [0.29, 0.717) is 17.8 Å². The van der Waals surface area contributed by atoms with E-state index in [0.717, 1.165) is 21.2 Å². The zero-order valence-electron chi connectivity index (χ0n) is 12.1. The smallest absolute Gasteiger partial charge is 0.223 e. The number of benzene rings is 1. The molecule has 0 bridgehead atoms. The van der Waals surface area contributed by atoms with Crippen LogP contribution < -0.4 is 10.1 Å². The summed E-state index contributed by atoms with van der Waals surface area (Å²) in [4.78, 5) is 4.11. The van der Waals surface area contributed by atoms with Crippen molar-refractivity contribution in [2.75, 3.05) is 0 Å². The van der Waals surface area contributed by atoms with Crippen LogP contribution in [0.4, 0.5) is 0 Å². The molecule has 2 rings (SSSR count). The lowest BCUT2D eigenvalue weighted by molar-refractivity contribution is 0.282. The van der Waals surface area contributed by atoms with Gasteiger partial charge in [-0.3, -0.25) is 0 Å². The van der Waals surface area contributed by atoms with Crippen molar-refractivity contribution < 1.29 is 9.26 Å². The predicted molar refractivity (Wildman–Crippen MR) is 87.2 cm³/mol. The van der Waals surface area contributed by atoms with Crippen molar-refractivity contribution in [3.8, 4) is 5.75 Å². The Morgan fingerprint density at radius 3 is 2.48 bits per heavy atom. The number of nitrogens with one attached hydrogen (secondary N) is 1. The van der Waals surface area contributed by atoms with Gasteiger partial charge >= 0.3 is 0 Å². The minimum atomic E-state index is 0.262. The predicted octanol–water partition coefficient (Wildman–Crippen LogP) is 3.98. The molecule has 7 heteroatoms. The molecule has 5 nitrogen and oxygen atoms in total. The van der Waals surface area contributed by atoms with Crippen molar-refractivity contribution in [2.45, 2.75) is 40.0 Å². The summed E-state index contributed by atoms with van der Waals surface area (Å²) < 4.78 is 12.4. The van der Waals surface area contributed by atoms with Crippen molar-refractivity contribution in [1.82, 2.24) is 15.5 Å². The van der Waals surface area contributed by atoms with E-state index in [2.05, 4.69) is 61.2 Å². The van der Waals surface area contributed by atoms with Crippen LogP contribution in [0.1, 0.15) is 31.1 Å². The van der Waals surface area contributed by atoms with Crippen LogP contribution in [0.15, 0.2) is 25.6 Å². The van der Waals surface area contributed by atoms with Crippen LogP contribution in [0.25, 0.3) is 0 Å². The van der Waals surface area contributed by atoms with Crippen molar-refractivity contribution in [1.29, 1.82) is 0 Å². The zero-order chi connectivity index (χ0) is 15.4. The third kappa shape index (κ3) is 4.79. The van der Waals surface area contributed by atoms with E-state index in [1.807, 2.05) is 12.1 Å². The number of aromatic nitrogens is 2. The molecule has 1 aromatic carbocycles. The van der Waals surface area contributed by atoms with Gasteiger partial charge in [-0.15, -0.1) is 0 Å². The average molecular weight is 419 g/mol. The Morgan fingerprint density at radius 2 is 1.95 bits per heavy atom. The molecule has 0 amide bonds. The molecule has 114 valence electrons. The molecule has 21 heavy (non-hydrogen) atoms. The molecular formula is C14H17Br2N3O2. The van der Waals surface area contributed by atoms with Gasteiger partial charge in [0.1, 0.15) is 5.75 Å². The number of nitrogens with zero attached hydrogens (tertiary/aromatic N) is 2. The Labute approximate surface area is 140 Å². The van der Waals surface area contributed by atoms with Gasteiger partial charge in [0.2, 0.25) is 11.7 Å². The highest BCUT2D eigenvalue weighted by Crippen LogP contribution is 2.35. The van der Waals surface area contributed by atoms with E-state index in [4.69, 9.17) is 9.26 Å². The maximum atomic E-state index is 5.75. The molecule has 0 aliphatic carbocycles. The Balaban J connectivity index is 2.06. The average Bonchev–Trinajstić information content (AvgIpc) is 2.81. The minimum absolute atomic E-state index is 0.262. The molecule has 0 spiro atoms. The largest absolute Gasteiger partial charge is 0.483 e. The van der Waals surface area contributed by atoms with E-state index < -0.39 is 0 Å². The van der Waals surface area contributed by atoms with E-state index >= 15 is 0 Å². The maximum Gasteiger partial charge on any atom is 0.223 e. The fraction of sp³-hybridized carbons (Fsp3) is 0.429. The van der Waals surface area contributed by atoms with Crippen LogP contribution in [0.3, 0.4) is 0 Å². The maximum absolute atomic E-state index is 5.75. The molecule has 0 radical (unpaired) electrons. The van der Waals surface area contributed by atoms with Crippen LogP contribution in [0, 0.1) is 6.92 Å². The van der Waals surface area contributed by atoms with Gasteiger partial charge in [-0.25, -0.2) is 0 Å². The first kappa shape index (κ1) is 16.5. The van der Waals surface area contributed by atoms with Gasteiger partial charge in [0.25, 0.3) is 0 Å². The third-order valence-electron chi connectivity index (χ3n) is 2.69. The van der Waals surface area contributed by atoms with E-state index in [9.17, 15) is 0 Å². The monoisotopic (exact) mass is 417 g/mol. The second-order valence-electron chi connectivity index (χ2n) is 4.94. The molecule has 2 aromatic rings. The molecule has 0 aliphatic rings. The fourth-order valence-corrected chi connectivity index (χ4v) is 3.22. The molecule has 0 aliphatic heterocycles. The summed E-state index contributed by atoms with van der Waals surface area (Å²) in [5, 5.41) is 7.19. The highest BCUT2D eigenvalue weighted by atomic mass is 79.9. The summed E-state index contributed by atoms with van der Waals surface area (Å²) in [6.45, 7) is 7.05. The molecule has 0 saturated carbocycles. The fourth-order valence-electron chi connectivity index (χ4n) is 1.71. The molecular weight excluding hydrogens is 402 g/mol. The zero-order valence-corrected chi connectivity index (χ0v) is 15.3. The number of hydrogen-bond acceptors (Lipinski definition) is 5. The molecule has 0 fully saturated rings. The van der Waals surface area contributed by atoms with Crippen molar-refractivity contribution in [2.24, 2.45) is 0 Å². The van der Waals surface area contributed by atoms with Crippen LogP contribution in [-0.2, 0) is 13.2 Å². The van der Waals surface area contributed by atoms with Gasteiger partial charge in [-0.2, -0.15) is 4.98 Å². The topological polar surface area (TPSA) is 60.2 Å². The van der Waals surface area contributed by atoms with Gasteiger partial charge < -0.3 is 14.6 Å². The lowest BCUT2D eigenvalue weighted by Crippen LogP contribution is -2.21. The van der Waals surface area contributed by atoms with Crippen LogP contribution in [0.2, 0.25) is 0 Å². The van der Waals surface area contributed by atoms with E-state index in [1.54, 1.807) is 6.92 Å². The molecule has 0 saturated heterocycles. The number of halogens is 2. The summed E-state index contributed by atoms with van der Waals surface area (Å²) in [5.41, 5.74) is 1.17. The van der Waals surface area contributed by atoms with Crippen molar-refractivity contribution in [3.63, 3.8) is 0 Å². The van der Waals surface area contributed by atoms with Gasteiger partial charge in [-0.1, -0.05) is 19.0 Å². The number of aryl methyl sites for hydroxylation is 1. The Kier molecular flexibility index (Phi) is 5.78. The summed E-state index contributed by atoms with van der Waals surface area (Å²) in [6.07, 6.45) is 0. The molecule has 1 aromatic heterocycles. The Bertz CT molecular complexity index is 591. The highest BCUT2D eigenvalue weighted by Gasteiger charge is 2.11. The van der Waals surface area contributed by atoms with Crippen LogP contribution in [-0.4, -0.2) is 16.2 Å². The van der Waals surface area contributed by atoms with Crippen molar-refractivity contribution >= 4 is 31.9 Å². The normalized spacial score (nSPS) is 11.1. The summed E-state index contributed by atoms with van der Waals surface area (Å²) >= 11 is 7.07. The first-order valence-electron chi connectivity index (χ1n) is 6.59. The van der Waals surface area contributed by atoms with E-state index in [-0.39, 0.29) is 6.61 Å². The Morgan fingerprint density at radius 1 is 1.29 bits per heavy atom. The third-order valence-corrected chi connectivity index (χ3v) is 3.87. The minimum Gasteiger partial charge on any atom is -0.483 e. The second kappa shape index (κ2) is 7.38. The SMILES string of the molecule is Cc1nc(COc2c(Br)cc(CNC(C)C)cc2Br)no1. The number of hydrogen-bond donors (Lipinski definition) is 1. The van der Waals surface area contributed by atoms with Crippen LogP contribution >= 0.6 is 31.9 Å². The standard InChI is InChI=1S/C14H17Br2N3O2/c1-8(2)17-6-10-4-11(15)14(12(16)5-10)20-7-13-18-9(3)21-19-13/h4-5,8,17H,6-7H2,1-3H3. The number of ether oxygens (including phenoxy) is 1. The second-order valence-corrected chi connectivity index (χ2v) is 6.65. The van der Waals surface area contributed by atoms with E-state index in [1.165, 1.54) is 5.56 Å². The van der Waals surface area contributed by atoms with Gasteiger partial charge in [0.15, 0.2) is 6.61 Å². The van der Waals surface area contributed by atoms with Gasteiger partial charge in [0.05, 0.1) is 8.95 Å². The summed E-state index contributed by atoms with van der Waals surface area (Å²) in [7, 11) is 0. The quantitative estimate of drug-likeness (QED) is 0.768. The Hall–Kier alpha value is -0.920. The van der Waals surface area contributed by atoms with Crippen LogP contribution in [0.5, 0.6) is 5.75 Å². The lowest BCUT2D eigenvalue weighted by Gasteiger charge is -2.13. The molecule has 0 unspecified atom stereocenters. The first-order chi connectivity index (χ1) is 9.95. The first-order valence-corrected chi connectivity index (χ1v) is 8.17. The van der Waals surface area contributed by atoms with Crippen molar-refractivity contribution in [3.05, 3.63) is 38.4 Å². The molecule has 1 N–H and O–H groups in total.